The molecule has 8 nitrogen and oxygen atoms in total. The molecular formula is C23H23F3N4O4. The second-order valence-electron chi connectivity index (χ2n) is 8.66. The van der Waals surface area contributed by atoms with Crippen LogP contribution in [0.25, 0.3) is 0 Å². The first-order valence-corrected chi connectivity index (χ1v) is 10.7. The number of halogens is 3. The van der Waals surface area contributed by atoms with Gasteiger partial charge in [0.05, 0.1) is 6.04 Å². The zero-order valence-electron chi connectivity index (χ0n) is 18.7. The molecule has 2 amide bonds. The number of fused-ring (bicyclic) bond motifs is 4. The van der Waals surface area contributed by atoms with Gasteiger partial charge in [-0.25, -0.2) is 13.2 Å². The zero-order chi connectivity index (χ0) is 24.9. The molecule has 0 unspecified atom stereocenters. The van der Waals surface area contributed by atoms with Gasteiger partial charge in [0.2, 0.25) is 5.43 Å². The van der Waals surface area contributed by atoms with E-state index in [4.69, 9.17) is 0 Å². The third kappa shape index (κ3) is 3.80. The largest absolute Gasteiger partial charge is 0.502 e. The predicted octanol–water partition coefficient (Wildman–Crippen LogP) is 2.24. The molecule has 0 saturated heterocycles. The summed E-state index contributed by atoms with van der Waals surface area (Å²) in [6.45, 7) is 5.23. The van der Waals surface area contributed by atoms with Gasteiger partial charge in [0.15, 0.2) is 11.4 Å². The van der Waals surface area contributed by atoms with Crippen LogP contribution in [-0.4, -0.2) is 45.2 Å². The second-order valence-corrected chi connectivity index (χ2v) is 8.66. The summed E-state index contributed by atoms with van der Waals surface area (Å²) in [4.78, 5) is 40.1. The van der Waals surface area contributed by atoms with E-state index in [1.807, 2.05) is 32.9 Å². The van der Waals surface area contributed by atoms with Crippen molar-refractivity contribution < 1.29 is 27.9 Å². The lowest BCUT2D eigenvalue weighted by Crippen LogP contribution is -2.59. The number of amides is 2. The van der Waals surface area contributed by atoms with Crippen molar-refractivity contribution in [3.8, 4) is 5.75 Å². The number of nitrogens with one attached hydrogen (secondary N) is 1. The first-order chi connectivity index (χ1) is 16.0. The van der Waals surface area contributed by atoms with E-state index < -0.39 is 58.1 Å². The Hall–Kier alpha value is -3.76. The standard InChI is InChI=1S/C23H23F3N4O4/c1-11(2)18-5-4-12(3)28-10-30(18)29-9-15(20(31)21(32)19(29)23(28)34)22(33)27-8-14-16(25)6-13(24)7-17(14)26/h4-7,9,11-12,18,32H,8,10H2,1-3H3,(H,27,33)/t12-,18-/m0/s1. The van der Waals surface area contributed by atoms with Crippen molar-refractivity contribution in [3.05, 3.63) is 75.0 Å². The smallest absolute Gasteiger partial charge is 0.278 e. The Bertz CT molecular complexity index is 1250. The molecule has 2 aromatic rings. The first-order valence-electron chi connectivity index (χ1n) is 10.7. The zero-order valence-corrected chi connectivity index (χ0v) is 18.7. The SMILES string of the molecule is CC(C)[C@@H]1C=C[C@H](C)N2CN1n1cc(C(=O)NCc3c(F)cc(F)cc3F)c(=O)c(O)c1C2=O. The molecule has 0 fully saturated rings. The summed E-state index contributed by atoms with van der Waals surface area (Å²) in [5.74, 6) is -5.92. The summed E-state index contributed by atoms with van der Waals surface area (Å²) in [7, 11) is 0. The summed E-state index contributed by atoms with van der Waals surface area (Å²) in [5.41, 5.74) is -2.48. The van der Waals surface area contributed by atoms with Crippen LogP contribution in [0.2, 0.25) is 0 Å². The highest BCUT2D eigenvalue weighted by Crippen LogP contribution is 2.28. The van der Waals surface area contributed by atoms with Crippen LogP contribution < -0.4 is 15.8 Å². The maximum Gasteiger partial charge on any atom is 0.278 e. The van der Waals surface area contributed by atoms with Gasteiger partial charge in [0.1, 0.15) is 29.7 Å². The van der Waals surface area contributed by atoms with Crippen molar-refractivity contribution >= 4 is 11.8 Å². The fourth-order valence-electron chi connectivity index (χ4n) is 4.18. The molecular weight excluding hydrogens is 453 g/mol. The molecule has 11 heteroatoms. The molecule has 2 aliphatic rings. The van der Waals surface area contributed by atoms with Crippen LogP contribution in [-0.2, 0) is 6.54 Å². The van der Waals surface area contributed by atoms with E-state index >= 15 is 0 Å². The van der Waals surface area contributed by atoms with Crippen LogP contribution in [0.15, 0.2) is 35.3 Å². The summed E-state index contributed by atoms with van der Waals surface area (Å²) < 4.78 is 42.2. The van der Waals surface area contributed by atoms with E-state index in [-0.39, 0.29) is 30.4 Å². The van der Waals surface area contributed by atoms with Crippen molar-refractivity contribution in [1.29, 1.82) is 0 Å². The quantitative estimate of drug-likeness (QED) is 0.661. The van der Waals surface area contributed by atoms with E-state index in [1.165, 1.54) is 9.58 Å². The van der Waals surface area contributed by atoms with Gasteiger partial charge in [0.25, 0.3) is 11.8 Å². The van der Waals surface area contributed by atoms with Gasteiger partial charge in [0, 0.05) is 36.5 Å². The fourth-order valence-corrected chi connectivity index (χ4v) is 4.18. The lowest BCUT2D eigenvalue weighted by atomic mass is 10.0. The average Bonchev–Trinajstić information content (AvgIpc) is 2.90. The highest BCUT2D eigenvalue weighted by atomic mass is 19.1. The highest BCUT2D eigenvalue weighted by molar-refractivity contribution is 5.99. The topological polar surface area (TPSA) is 94.9 Å². The monoisotopic (exact) mass is 476 g/mol. The molecule has 34 heavy (non-hydrogen) atoms. The maximum absolute atomic E-state index is 13.9. The van der Waals surface area contributed by atoms with Gasteiger partial charge in [-0.15, -0.1) is 0 Å². The van der Waals surface area contributed by atoms with Crippen LogP contribution in [0, 0.1) is 23.4 Å². The maximum atomic E-state index is 13.9. The molecule has 0 radical (unpaired) electrons. The van der Waals surface area contributed by atoms with Gasteiger partial charge in [-0.05, 0) is 12.8 Å². The third-order valence-corrected chi connectivity index (χ3v) is 6.08. The molecule has 0 aliphatic carbocycles. The minimum Gasteiger partial charge on any atom is -0.502 e. The number of pyridine rings is 1. The lowest BCUT2D eigenvalue weighted by Gasteiger charge is -2.43. The molecule has 4 rings (SSSR count). The number of rotatable bonds is 4. The number of aromatic nitrogens is 1. The Morgan fingerprint density at radius 1 is 1.18 bits per heavy atom. The Balaban J connectivity index is 1.74. The van der Waals surface area contributed by atoms with Gasteiger partial charge >= 0.3 is 0 Å². The summed E-state index contributed by atoms with van der Waals surface area (Å²) in [5, 5.41) is 14.6. The summed E-state index contributed by atoms with van der Waals surface area (Å²) in [6.07, 6.45) is 4.93. The summed E-state index contributed by atoms with van der Waals surface area (Å²) >= 11 is 0. The van der Waals surface area contributed by atoms with Crippen LogP contribution in [0.1, 0.15) is 47.2 Å². The van der Waals surface area contributed by atoms with Gasteiger partial charge < -0.3 is 15.3 Å². The van der Waals surface area contributed by atoms with Crippen molar-refractivity contribution in [1.82, 2.24) is 14.9 Å². The van der Waals surface area contributed by atoms with Gasteiger partial charge in [-0.1, -0.05) is 26.0 Å². The second kappa shape index (κ2) is 8.54. The van der Waals surface area contributed by atoms with E-state index in [0.717, 1.165) is 6.20 Å². The number of hydrogen-bond acceptors (Lipinski definition) is 5. The van der Waals surface area contributed by atoms with E-state index in [9.17, 15) is 32.7 Å². The fraction of sp³-hybridized carbons (Fsp3) is 0.348. The third-order valence-electron chi connectivity index (χ3n) is 6.08. The molecule has 1 aromatic heterocycles. The number of carbonyl (C=O) groups is 2. The Labute approximate surface area is 192 Å². The molecule has 3 heterocycles. The van der Waals surface area contributed by atoms with Crippen molar-refractivity contribution in [2.75, 3.05) is 11.7 Å². The molecule has 2 aliphatic heterocycles. The molecule has 0 saturated carbocycles. The van der Waals surface area contributed by atoms with Gasteiger partial charge in [-0.3, -0.25) is 24.1 Å². The minimum absolute atomic E-state index is 0.0766. The molecule has 0 spiro atoms. The van der Waals surface area contributed by atoms with Crippen LogP contribution >= 0.6 is 0 Å². The Kier molecular flexibility index (Phi) is 5.88. The number of aromatic hydroxyl groups is 1. The molecule has 180 valence electrons. The van der Waals surface area contributed by atoms with E-state index in [0.29, 0.717) is 12.1 Å². The van der Waals surface area contributed by atoms with E-state index in [2.05, 4.69) is 5.32 Å². The molecule has 2 N–H and O–H groups in total. The first kappa shape index (κ1) is 23.4. The summed E-state index contributed by atoms with van der Waals surface area (Å²) in [6, 6.07) is 0.438. The number of hydrogen-bond donors (Lipinski definition) is 2. The Morgan fingerprint density at radius 3 is 2.44 bits per heavy atom. The van der Waals surface area contributed by atoms with Crippen molar-refractivity contribution in [2.24, 2.45) is 5.92 Å². The van der Waals surface area contributed by atoms with Crippen LogP contribution in [0.3, 0.4) is 0 Å². The van der Waals surface area contributed by atoms with Crippen LogP contribution in [0.5, 0.6) is 5.75 Å². The van der Waals surface area contributed by atoms with Crippen LogP contribution in [0.4, 0.5) is 13.2 Å². The van der Waals surface area contributed by atoms with E-state index in [1.54, 1.807) is 5.01 Å². The predicted molar refractivity (Wildman–Crippen MR) is 116 cm³/mol. The van der Waals surface area contributed by atoms with Crippen molar-refractivity contribution in [3.63, 3.8) is 0 Å². The average molecular weight is 476 g/mol. The molecule has 1 aromatic carbocycles. The lowest BCUT2D eigenvalue weighted by molar-refractivity contribution is 0.0646. The number of benzene rings is 1. The highest BCUT2D eigenvalue weighted by Gasteiger charge is 2.39. The Morgan fingerprint density at radius 2 is 1.82 bits per heavy atom. The number of carbonyl (C=O) groups excluding carboxylic acids is 2. The minimum atomic E-state index is -1.20. The van der Waals surface area contributed by atoms with Gasteiger partial charge in [-0.2, -0.15) is 0 Å². The molecule has 2 atom stereocenters. The number of nitrogens with zero attached hydrogens (tertiary/aromatic N) is 3. The molecule has 2 bridgehead atoms. The normalized spacial score (nSPS) is 19.3. The van der Waals surface area contributed by atoms with Crippen molar-refractivity contribution in [2.45, 2.75) is 39.4 Å².